The SMILES string of the molecule is O=C(CSCC1CC1)N1CCCC(c2nc3ccccc3[nH]2)C1. The second-order valence-electron chi connectivity index (χ2n) is 6.78. The van der Waals surface area contributed by atoms with Gasteiger partial charge >= 0.3 is 0 Å². The fraction of sp³-hybridized carbons (Fsp3) is 0.556. The number of carbonyl (C=O) groups is 1. The fourth-order valence-corrected chi connectivity index (χ4v) is 4.42. The number of amides is 1. The summed E-state index contributed by atoms with van der Waals surface area (Å²) >= 11 is 1.81. The van der Waals surface area contributed by atoms with Crippen LogP contribution >= 0.6 is 11.8 Å². The molecule has 1 atom stereocenters. The maximum atomic E-state index is 12.4. The molecule has 5 heteroatoms. The van der Waals surface area contributed by atoms with Crippen molar-refractivity contribution in [3.05, 3.63) is 30.1 Å². The predicted molar refractivity (Wildman–Crippen MR) is 94.7 cm³/mol. The van der Waals surface area contributed by atoms with Crippen LogP contribution in [-0.4, -0.2) is 45.4 Å². The molecule has 4 nitrogen and oxygen atoms in total. The van der Waals surface area contributed by atoms with Gasteiger partial charge in [-0.15, -0.1) is 0 Å². The number of fused-ring (bicyclic) bond motifs is 1. The summed E-state index contributed by atoms with van der Waals surface area (Å²) in [5.41, 5.74) is 2.11. The molecule has 1 N–H and O–H groups in total. The molecule has 122 valence electrons. The molecule has 2 heterocycles. The van der Waals surface area contributed by atoms with Crippen molar-refractivity contribution in [2.45, 2.75) is 31.6 Å². The number of para-hydroxylation sites is 2. The van der Waals surface area contributed by atoms with Gasteiger partial charge in [0.2, 0.25) is 5.91 Å². The van der Waals surface area contributed by atoms with Gasteiger partial charge < -0.3 is 9.88 Å². The molecular weight excluding hydrogens is 306 g/mol. The van der Waals surface area contributed by atoms with Gasteiger partial charge in [-0.1, -0.05) is 12.1 Å². The van der Waals surface area contributed by atoms with Gasteiger partial charge in [-0.25, -0.2) is 4.98 Å². The monoisotopic (exact) mass is 329 g/mol. The summed E-state index contributed by atoms with van der Waals surface area (Å²) in [6.45, 7) is 1.71. The molecule has 1 saturated heterocycles. The van der Waals surface area contributed by atoms with E-state index in [-0.39, 0.29) is 0 Å². The third kappa shape index (κ3) is 3.55. The van der Waals surface area contributed by atoms with Crippen LogP contribution in [0.25, 0.3) is 11.0 Å². The summed E-state index contributed by atoms with van der Waals surface area (Å²) in [5, 5.41) is 0. The second-order valence-corrected chi connectivity index (χ2v) is 7.81. The summed E-state index contributed by atoms with van der Waals surface area (Å²) in [5.74, 6) is 4.37. The minimum absolute atomic E-state index is 0.302. The first-order chi connectivity index (χ1) is 11.3. The average Bonchev–Trinajstić information content (AvgIpc) is 3.30. The lowest BCUT2D eigenvalue weighted by atomic mass is 9.97. The highest BCUT2D eigenvalue weighted by Crippen LogP contribution is 2.32. The summed E-state index contributed by atoms with van der Waals surface area (Å²) in [4.78, 5) is 22.6. The van der Waals surface area contributed by atoms with Gasteiger partial charge in [0.1, 0.15) is 5.82 Å². The number of thioether (sulfide) groups is 1. The van der Waals surface area contributed by atoms with Gasteiger partial charge in [-0.3, -0.25) is 4.79 Å². The lowest BCUT2D eigenvalue weighted by Gasteiger charge is -2.31. The molecule has 1 unspecified atom stereocenters. The lowest BCUT2D eigenvalue weighted by molar-refractivity contribution is -0.129. The number of rotatable bonds is 5. The van der Waals surface area contributed by atoms with Gasteiger partial charge in [0, 0.05) is 19.0 Å². The Hall–Kier alpha value is -1.49. The highest BCUT2D eigenvalue weighted by Gasteiger charge is 2.27. The Morgan fingerprint density at radius 1 is 1.30 bits per heavy atom. The summed E-state index contributed by atoms with van der Waals surface area (Å²) in [7, 11) is 0. The van der Waals surface area contributed by atoms with E-state index in [2.05, 4.69) is 11.1 Å². The van der Waals surface area contributed by atoms with Gasteiger partial charge in [0.25, 0.3) is 0 Å². The Balaban J connectivity index is 1.38. The number of H-pyrrole nitrogens is 1. The zero-order valence-corrected chi connectivity index (χ0v) is 14.1. The number of likely N-dealkylation sites (tertiary alicyclic amines) is 1. The molecule has 1 aliphatic heterocycles. The van der Waals surface area contributed by atoms with Crippen molar-refractivity contribution in [1.29, 1.82) is 0 Å². The number of hydrogen-bond donors (Lipinski definition) is 1. The van der Waals surface area contributed by atoms with Gasteiger partial charge in [-0.05, 0) is 49.5 Å². The molecule has 0 spiro atoms. The highest BCUT2D eigenvalue weighted by molar-refractivity contribution is 7.99. The van der Waals surface area contributed by atoms with E-state index in [1.807, 2.05) is 34.9 Å². The smallest absolute Gasteiger partial charge is 0.232 e. The van der Waals surface area contributed by atoms with Crippen LogP contribution in [0, 0.1) is 5.92 Å². The first kappa shape index (κ1) is 15.1. The first-order valence-electron chi connectivity index (χ1n) is 8.60. The lowest BCUT2D eigenvalue weighted by Crippen LogP contribution is -2.40. The number of aromatic amines is 1. The summed E-state index contributed by atoms with van der Waals surface area (Å²) in [6.07, 6.45) is 4.90. The number of nitrogens with zero attached hydrogens (tertiary/aromatic N) is 2. The molecule has 2 aliphatic rings. The molecule has 1 aromatic heterocycles. The van der Waals surface area contributed by atoms with E-state index in [0.29, 0.717) is 17.6 Å². The Labute approximate surface area is 141 Å². The molecule has 0 radical (unpaired) electrons. The minimum atomic E-state index is 0.302. The van der Waals surface area contributed by atoms with E-state index < -0.39 is 0 Å². The molecule has 1 saturated carbocycles. The number of aromatic nitrogens is 2. The van der Waals surface area contributed by atoms with E-state index in [1.165, 1.54) is 12.8 Å². The molecule has 1 aromatic carbocycles. The van der Waals surface area contributed by atoms with Crippen LogP contribution in [0.4, 0.5) is 0 Å². The van der Waals surface area contributed by atoms with Crippen molar-refractivity contribution in [3.63, 3.8) is 0 Å². The molecule has 1 aliphatic carbocycles. The van der Waals surface area contributed by atoms with E-state index in [4.69, 9.17) is 4.98 Å². The van der Waals surface area contributed by atoms with Crippen LogP contribution in [0.3, 0.4) is 0 Å². The van der Waals surface area contributed by atoms with Gasteiger partial charge in [0.15, 0.2) is 0 Å². The van der Waals surface area contributed by atoms with Crippen LogP contribution in [0.5, 0.6) is 0 Å². The van der Waals surface area contributed by atoms with Crippen molar-refractivity contribution in [1.82, 2.24) is 14.9 Å². The van der Waals surface area contributed by atoms with Crippen LogP contribution in [0.2, 0.25) is 0 Å². The number of imidazole rings is 1. The molecule has 0 bridgehead atoms. The number of carbonyl (C=O) groups excluding carboxylic acids is 1. The third-order valence-electron chi connectivity index (χ3n) is 4.84. The maximum Gasteiger partial charge on any atom is 0.232 e. The summed E-state index contributed by atoms with van der Waals surface area (Å²) in [6, 6.07) is 8.14. The highest BCUT2D eigenvalue weighted by atomic mass is 32.2. The largest absolute Gasteiger partial charge is 0.342 e. The van der Waals surface area contributed by atoms with Gasteiger partial charge in [0.05, 0.1) is 16.8 Å². The number of piperidine rings is 1. The Morgan fingerprint density at radius 3 is 3.00 bits per heavy atom. The topological polar surface area (TPSA) is 49.0 Å². The van der Waals surface area contributed by atoms with E-state index in [1.54, 1.807) is 0 Å². The zero-order valence-electron chi connectivity index (χ0n) is 13.3. The zero-order chi connectivity index (χ0) is 15.6. The van der Waals surface area contributed by atoms with Crippen LogP contribution < -0.4 is 0 Å². The van der Waals surface area contributed by atoms with Crippen LogP contribution in [0.15, 0.2) is 24.3 Å². The first-order valence-corrected chi connectivity index (χ1v) is 9.75. The molecule has 2 aromatic rings. The Bertz CT molecular complexity index is 661. The number of benzene rings is 1. The van der Waals surface area contributed by atoms with E-state index in [9.17, 15) is 4.79 Å². The Kier molecular flexibility index (Phi) is 4.29. The average molecular weight is 329 g/mol. The second kappa shape index (κ2) is 6.56. The molecule has 4 rings (SSSR count). The van der Waals surface area contributed by atoms with Crippen LogP contribution in [-0.2, 0) is 4.79 Å². The third-order valence-corrected chi connectivity index (χ3v) is 6.00. The normalized spacial score (nSPS) is 21.7. The number of nitrogens with one attached hydrogen (secondary N) is 1. The van der Waals surface area contributed by atoms with Crippen molar-refractivity contribution in [2.75, 3.05) is 24.6 Å². The number of hydrogen-bond acceptors (Lipinski definition) is 3. The quantitative estimate of drug-likeness (QED) is 0.914. The maximum absolute atomic E-state index is 12.4. The fourth-order valence-electron chi connectivity index (χ4n) is 3.28. The standard InChI is InChI=1S/C18H23N3OS/c22-17(12-23-11-13-7-8-13)21-9-3-4-14(10-21)18-19-15-5-1-2-6-16(15)20-18/h1-2,5-6,13-14H,3-4,7-12H2,(H,19,20). The minimum Gasteiger partial charge on any atom is -0.342 e. The van der Waals surface area contributed by atoms with Crippen molar-refractivity contribution >= 4 is 28.7 Å². The predicted octanol–water partition coefficient (Wildman–Crippen LogP) is 3.41. The van der Waals surface area contributed by atoms with Crippen molar-refractivity contribution < 1.29 is 4.79 Å². The van der Waals surface area contributed by atoms with E-state index in [0.717, 1.165) is 54.5 Å². The van der Waals surface area contributed by atoms with Crippen molar-refractivity contribution in [3.8, 4) is 0 Å². The molecular formula is C18H23N3OS. The van der Waals surface area contributed by atoms with Crippen LogP contribution in [0.1, 0.15) is 37.4 Å². The molecule has 23 heavy (non-hydrogen) atoms. The molecule has 1 amide bonds. The van der Waals surface area contributed by atoms with E-state index >= 15 is 0 Å². The molecule has 2 fully saturated rings. The summed E-state index contributed by atoms with van der Waals surface area (Å²) < 4.78 is 0. The van der Waals surface area contributed by atoms with Crippen molar-refractivity contribution in [2.24, 2.45) is 5.92 Å². The Morgan fingerprint density at radius 2 is 2.17 bits per heavy atom. The van der Waals surface area contributed by atoms with Gasteiger partial charge in [-0.2, -0.15) is 11.8 Å².